The average Bonchev–Trinajstić information content (AvgIpc) is 2.42. The van der Waals surface area contributed by atoms with E-state index in [1.54, 1.807) is 23.9 Å². The van der Waals surface area contributed by atoms with Crippen molar-refractivity contribution in [2.45, 2.75) is 21.2 Å². The van der Waals surface area contributed by atoms with E-state index in [1.165, 1.54) is 11.8 Å². The minimum atomic E-state index is -3.14. The Morgan fingerprint density at radius 1 is 1.14 bits per heavy atom. The molecule has 0 aliphatic heterocycles. The fourth-order valence-electron chi connectivity index (χ4n) is 1.86. The molecule has 0 radical (unpaired) electrons. The van der Waals surface area contributed by atoms with Crippen LogP contribution in [0, 0.1) is 0 Å². The molecule has 6 heteroatoms. The maximum Gasteiger partial charge on any atom is 0.175 e. The van der Waals surface area contributed by atoms with Crippen LogP contribution < -0.4 is 5.32 Å². The maximum atomic E-state index is 11.5. The van der Waals surface area contributed by atoms with Crippen molar-refractivity contribution in [3.63, 3.8) is 0 Å². The molecule has 0 saturated heterocycles. The van der Waals surface area contributed by atoms with Crippen LogP contribution >= 0.6 is 27.7 Å². The smallest absolute Gasteiger partial charge is 0.175 e. The molecule has 0 aromatic heterocycles. The second-order valence-electron chi connectivity index (χ2n) is 4.63. The molecule has 0 fully saturated rings. The Hall–Kier alpha value is -0.820. The van der Waals surface area contributed by atoms with Crippen molar-refractivity contribution in [1.29, 1.82) is 0 Å². The molecule has 2 aromatic rings. The summed E-state index contributed by atoms with van der Waals surface area (Å²) >= 11 is 5.11. The van der Waals surface area contributed by atoms with Crippen LogP contribution in [0.25, 0.3) is 0 Å². The first-order chi connectivity index (χ1) is 9.90. The summed E-state index contributed by atoms with van der Waals surface area (Å²) in [7, 11) is -1.23. The zero-order chi connectivity index (χ0) is 15.5. The Kier molecular flexibility index (Phi) is 5.48. The van der Waals surface area contributed by atoms with Gasteiger partial charge in [0.25, 0.3) is 0 Å². The predicted octanol–water partition coefficient (Wildman–Crippen LogP) is 3.72. The fourth-order valence-corrected chi connectivity index (χ4v) is 3.82. The third kappa shape index (κ3) is 4.57. The van der Waals surface area contributed by atoms with Gasteiger partial charge in [0.2, 0.25) is 0 Å². The Bertz CT molecular complexity index is 728. The van der Waals surface area contributed by atoms with Gasteiger partial charge in [0.05, 0.1) is 4.90 Å². The number of rotatable bonds is 5. The van der Waals surface area contributed by atoms with Gasteiger partial charge in [-0.25, -0.2) is 8.42 Å². The van der Waals surface area contributed by atoms with Crippen LogP contribution in [0.3, 0.4) is 0 Å². The minimum absolute atomic E-state index is 0.345. The van der Waals surface area contributed by atoms with Crippen molar-refractivity contribution in [3.05, 3.63) is 52.5 Å². The molecule has 2 rings (SSSR count). The molecule has 0 heterocycles. The van der Waals surface area contributed by atoms with E-state index in [4.69, 9.17) is 0 Å². The zero-order valence-electron chi connectivity index (χ0n) is 11.8. The lowest BCUT2D eigenvalue weighted by Gasteiger charge is -2.10. The van der Waals surface area contributed by atoms with E-state index in [-0.39, 0.29) is 0 Å². The molecule has 0 spiro atoms. The van der Waals surface area contributed by atoms with Crippen LogP contribution in [-0.4, -0.2) is 21.7 Å². The minimum Gasteiger partial charge on any atom is -0.316 e. The summed E-state index contributed by atoms with van der Waals surface area (Å²) in [5.74, 6) is 0. The lowest BCUT2D eigenvalue weighted by atomic mass is 10.2. The van der Waals surface area contributed by atoms with Crippen molar-refractivity contribution in [2.24, 2.45) is 0 Å². The summed E-state index contributed by atoms with van der Waals surface area (Å²) in [6.45, 7) is 0.781. The van der Waals surface area contributed by atoms with Crippen LogP contribution in [-0.2, 0) is 16.4 Å². The molecule has 0 aliphatic rings. The van der Waals surface area contributed by atoms with Crippen LogP contribution in [0.5, 0.6) is 0 Å². The van der Waals surface area contributed by atoms with Crippen LogP contribution in [0.1, 0.15) is 5.56 Å². The number of hydrogen-bond acceptors (Lipinski definition) is 4. The van der Waals surface area contributed by atoms with Gasteiger partial charge in [-0.15, -0.1) is 0 Å². The summed E-state index contributed by atoms with van der Waals surface area (Å²) in [5, 5.41) is 3.15. The summed E-state index contributed by atoms with van der Waals surface area (Å²) < 4.78 is 24.0. The molecule has 0 amide bonds. The van der Waals surface area contributed by atoms with Gasteiger partial charge >= 0.3 is 0 Å². The molecule has 0 bridgehead atoms. The number of benzene rings is 2. The van der Waals surface area contributed by atoms with Crippen molar-refractivity contribution < 1.29 is 8.42 Å². The van der Waals surface area contributed by atoms with E-state index in [1.807, 2.05) is 25.2 Å². The van der Waals surface area contributed by atoms with Crippen LogP contribution in [0.4, 0.5) is 0 Å². The number of sulfone groups is 1. The summed E-state index contributed by atoms with van der Waals surface area (Å²) in [4.78, 5) is 2.51. The maximum absolute atomic E-state index is 11.5. The standard InChI is InChI=1S/C15H16BrNO2S2/c1-17-10-11-9-12(16)3-8-15(11)20-13-4-6-14(7-5-13)21(2,18)19/h3-9,17H,10H2,1-2H3. The van der Waals surface area contributed by atoms with Gasteiger partial charge in [-0.1, -0.05) is 27.7 Å². The monoisotopic (exact) mass is 385 g/mol. The van der Waals surface area contributed by atoms with Gasteiger partial charge in [0.1, 0.15) is 0 Å². The lowest BCUT2D eigenvalue weighted by molar-refractivity contribution is 0.602. The molecular formula is C15H16BrNO2S2. The van der Waals surface area contributed by atoms with Crippen molar-refractivity contribution in [3.8, 4) is 0 Å². The van der Waals surface area contributed by atoms with Crippen LogP contribution in [0.15, 0.2) is 61.6 Å². The molecule has 3 nitrogen and oxygen atoms in total. The normalized spacial score (nSPS) is 11.6. The summed E-state index contributed by atoms with van der Waals surface area (Å²) in [5.41, 5.74) is 1.20. The van der Waals surface area contributed by atoms with E-state index >= 15 is 0 Å². The molecule has 0 unspecified atom stereocenters. The Morgan fingerprint density at radius 3 is 2.38 bits per heavy atom. The third-order valence-electron chi connectivity index (χ3n) is 2.87. The largest absolute Gasteiger partial charge is 0.316 e. The molecular weight excluding hydrogens is 370 g/mol. The number of hydrogen-bond donors (Lipinski definition) is 1. The topological polar surface area (TPSA) is 46.2 Å². The van der Waals surface area contributed by atoms with Gasteiger partial charge < -0.3 is 5.32 Å². The first-order valence-electron chi connectivity index (χ1n) is 6.31. The molecule has 21 heavy (non-hydrogen) atoms. The highest BCUT2D eigenvalue weighted by Crippen LogP contribution is 2.32. The van der Waals surface area contributed by atoms with Crippen molar-refractivity contribution in [2.75, 3.05) is 13.3 Å². The molecule has 0 aliphatic carbocycles. The molecule has 0 saturated carbocycles. The fraction of sp³-hybridized carbons (Fsp3) is 0.200. The number of nitrogens with one attached hydrogen (secondary N) is 1. The summed E-state index contributed by atoms with van der Waals surface area (Å²) in [6, 6.07) is 13.1. The second kappa shape index (κ2) is 6.96. The summed E-state index contributed by atoms with van der Waals surface area (Å²) in [6.07, 6.45) is 1.22. The van der Waals surface area contributed by atoms with Crippen LogP contribution in [0.2, 0.25) is 0 Å². The SMILES string of the molecule is CNCc1cc(Br)ccc1Sc1ccc(S(C)(=O)=O)cc1. The average molecular weight is 386 g/mol. The van der Waals surface area contributed by atoms with Gasteiger partial charge in [0.15, 0.2) is 9.84 Å². The van der Waals surface area contributed by atoms with E-state index in [9.17, 15) is 8.42 Å². The van der Waals surface area contributed by atoms with Gasteiger partial charge in [-0.05, 0) is 55.1 Å². The first kappa shape index (κ1) is 16.5. The van der Waals surface area contributed by atoms with E-state index in [0.29, 0.717) is 4.90 Å². The Balaban J connectivity index is 2.26. The first-order valence-corrected chi connectivity index (χ1v) is 9.81. The Labute approximate surface area is 138 Å². The highest BCUT2D eigenvalue weighted by molar-refractivity contribution is 9.10. The van der Waals surface area contributed by atoms with Gasteiger partial charge in [0, 0.05) is 27.1 Å². The van der Waals surface area contributed by atoms with E-state index in [2.05, 4.69) is 33.4 Å². The quantitative estimate of drug-likeness (QED) is 0.851. The van der Waals surface area contributed by atoms with E-state index < -0.39 is 9.84 Å². The highest BCUT2D eigenvalue weighted by Gasteiger charge is 2.08. The molecule has 2 aromatic carbocycles. The predicted molar refractivity (Wildman–Crippen MR) is 90.6 cm³/mol. The number of halogens is 1. The van der Waals surface area contributed by atoms with E-state index in [0.717, 1.165) is 20.8 Å². The highest BCUT2D eigenvalue weighted by atomic mass is 79.9. The van der Waals surface area contributed by atoms with Crippen molar-refractivity contribution in [1.82, 2.24) is 5.32 Å². The third-order valence-corrected chi connectivity index (χ3v) is 5.62. The lowest BCUT2D eigenvalue weighted by Crippen LogP contribution is -2.06. The molecule has 112 valence electrons. The Morgan fingerprint density at radius 2 is 1.81 bits per heavy atom. The molecule has 0 atom stereocenters. The zero-order valence-corrected chi connectivity index (χ0v) is 15.0. The van der Waals surface area contributed by atoms with Gasteiger partial charge in [-0.2, -0.15) is 0 Å². The molecule has 1 N–H and O–H groups in total. The van der Waals surface area contributed by atoms with Gasteiger partial charge in [-0.3, -0.25) is 0 Å². The van der Waals surface area contributed by atoms with Crippen molar-refractivity contribution >= 4 is 37.5 Å². The second-order valence-corrected chi connectivity index (χ2v) is 8.67.